The first-order valence-electron chi connectivity index (χ1n) is 6.39. The van der Waals surface area contributed by atoms with Gasteiger partial charge in [-0.25, -0.2) is 4.79 Å². The zero-order valence-electron chi connectivity index (χ0n) is 11.6. The summed E-state index contributed by atoms with van der Waals surface area (Å²) in [5.74, 6) is 0.148. The molecule has 0 aromatic heterocycles. The summed E-state index contributed by atoms with van der Waals surface area (Å²) >= 11 is 0. The number of alkyl carbamates (subject to hydrolysis) is 1. The summed E-state index contributed by atoms with van der Waals surface area (Å²) in [4.78, 5) is 33.3. The van der Waals surface area contributed by atoms with Gasteiger partial charge in [0.1, 0.15) is 5.60 Å². The van der Waals surface area contributed by atoms with Crippen LogP contribution in [0, 0.1) is 5.92 Å². The van der Waals surface area contributed by atoms with Gasteiger partial charge in [0.2, 0.25) is 0 Å². The summed E-state index contributed by atoms with van der Waals surface area (Å²) in [6.45, 7) is 6.00. The maximum Gasteiger partial charge on any atom is 0.408 e. The number of hydrogen-bond donors (Lipinski definition) is 1. The summed E-state index contributed by atoms with van der Waals surface area (Å²) in [6.07, 6.45) is 1.04. The SMILES string of the molecule is CC(C)(C)OC(=O)NC1CC(CCOC=O)CC1=O. The molecule has 1 N–H and O–H groups in total. The molecule has 1 fully saturated rings. The third-order valence-electron chi connectivity index (χ3n) is 2.85. The smallest absolute Gasteiger partial charge is 0.408 e. The molecule has 19 heavy (non-hydrogen) atoms. The third-order valence-corrected chi connectivity index (χ3v) is 2.85. The van der Waals surface area contributed by atoms with E-state index in [0.717, 1.165) is 0 Å². The van der Waals surface area contributed by atoms with E-state index in [-0.39, 0.29) is 11.7 Å². The Hall–Kier alpha value is -1.59. The van der Waals surface area contributed by atoms with Gasteiger partial charge in [-0.1, -0.05) is 0 Å². The minimum atomic E-state index is -0.580. The molecule has 0 heterocycles. The van der Waals surface area contributed by atoms with Gasteiger partial charge in [-0.15, -0.1) is 0 Å². The monoisotopic (exact) mass is 271 g/mol. The van der Waals surface area contributed by atoms with Crippen molar-refractivity contribution in [2.45, 2.75) is 51.7 Å². The Morgan fingerprint density at radius 3 is 2.74 bits per heavy atom. The lowest BCUT2D eigenvalue weighted by Gasteiger charge is -2.21. The van der Waals surface area contributed by atoms with Crippen LogP contribution in [0.1, 0.15) is 40.0 Å². The highest BCUT2D eigenvalue weighted by molar-refractivity contribution is 5.89. The normalized spacial score (nSPS) is 23.0. The summed E-state index contributed by atoms with van der Waals surface area (Å²) in [5, 5.41) is 2.58. The molecule has 1 aliphatic rings. The Kier molecular flexibility index (Phi) is 5.32. The Bertz CT molecular complexity index is 347. The van der Waals surface area contributed by atoms with Crippen molar-refractivity contribution in [2.75, 3.05) is 6.61 Å². The van der Waals surface area contributed by atoms with E-state index in [4.69, 9.17) is 4.74 Å². The van der Waals surface area contributed by atoms with Gasteiger partial charge in [0.15, 0.2) is 5.78 Å². The fourth-order valence-electron chi connectivity index (χ4n) is 2.07. The van der Waals surface area contributed by atoms with Crippen molar-refractivity contribution in [3.05, 3.63) is 0 Å². The number of ether oxygens (including phenoxy) is 2. The van der Waals surface area contributed by atoms with Gasteiger partial charge in [0.05, 0.1) is 12.6 Å². The molecule has 6 heteroatoms. The second kappa shape index (κ2) is 6.54. The van der Waals surface area contributed by atoms with Crippen LogP contribution in [-0.2, 0) is 19.1 Å². The number of nitrogens with one attached hydrogen (secondary N) is 1. The maximum absolute atomic E-state index is 11.7. The predicted octanol–water partition coefficient (Wildman–Crippen LogP) is 1.42. The van der Waals surface area contributed by atoms with Crippen molar-refractivity contribution >= 4 is 18.3 Å². The van der Waals surface area contributed by atoms with Crippen LogP contribution < -0.4 is 5.32 Å². The lowest BCUT2D eigenvalue weighted by molar-refractivity contribution is -0.129. The van der Waals surface area contributed by atoms with Crippen LogP contribution >= 0.6 is 0 Å². The van der Waals surface area contributed by atoms with E-state index in [9.17, 15) is 14.4 Å². The van der Waals surface area contributed by atoms with Crippen LogP contribution in [-0.4, -0.2) is 36.6 Å². The van der Waals surface area contributed by atoms with Crippen LogP contribution in [0.4, 0.5) is 4.79 Å². The lowest BCUT2D eigenvalue weighted by atomic mass is 10.0. The van der Waals surface area contributed by atoms with E-state index in [1.165, 1.54) is 0 Å². The summed E-state index contributed by atoms with van der Waals surface area (Å²) < 4.78 is 9.72. The number of carbonyl (C=O) groups is 3. The zero-order chi connectivity index (χ0) is 14.5. The van der Waals surface area contributed by atoms with Crippen LogP contribution in [0.5, 0.6) is 0 Å². The van der Waals surface area contributed by atoms with Crippen molar-refractivity contribution in [3.63, 3.8) is 0 Å². The number of rotatable bonds is 5. The number of ketones is 1. The van der Waals surface area contributed by atoms with Crippen LogP contribution in [0.2, 0.25) is 0 Å². The minimum Gasteiger partial charge on any atom is -0.468 e. The van der Waals surface area contributed by atoms with E-state index in [1.54, 1.807) is 20.8 Å². The topological polar surface area (TPSA) is 81.7 Å². The molecule has 1 aliphatic carbocycles. The van der Waals surface area contributed by atoms with Crippen molar-refractivity contribution in [2.24, 2.45) is 5.92 Å². The van der Waals surface area contributed by atoms with Crippen molar-refractivity contribution in [3.8, 4) is 0 Å². The summed E-state index contributed by atoms with van der Waals surface area (Å²) in [7, 11) is 0. The first kappa shape index (κ1) is 15.5. The fourth-order valence-corrected chi connectivity index (χ4v) is 2.07. The third kappa shape index (κ3) is 5.72. The van der Waals surface area contributed by atoms with Crippen molar-refractivity contribution in [1.82, 2.24) is 5.32 Å². The van der Waals surface area contributed by atoms with E-state index in [0.29, 0.717) is 32.3 Å². The molecule has 0 bridgehead atoms. The van der Waals surface area contributed by atoms with Gasteiger partial charge in [-0.05, 0) is 39.5 Å². The quantitative estimate of drug-likeness (QED) is 0.604. The van der Waals surface area contributed by atoms with Gasteiger partial charge in [-0.2, -0.15) is 0 Å². The summed E-state index contributed by atoms with van der Waals surface area (Å²) in [6, 6.07) is -0.490. The second-order valence-electron chi connectivity index (χ2n) is 5.73. The van der Waals surface area contributed by atoms with Crippen LogP contribution in [0.25, 0.3) is 0 Å². The summed E-state index contributed by atoms with van der Waals surface area (Å²) in [5.41, 5.74) is -0.580. The average molecular weight is 271 g/mol. The second-order valence-corrected chi connectivity index (χ2v) is 5.73. The Balaban J connectivity index is 2.37. The minimum absolute atomic E-state index is 0.00182. The molecule has 0 aromatic carbocycles. The number of amides is 1. The predicted molar refractivity (Wildman–Crippen MR) is 67.5 cm³/mol. The van der Waals surface area contributed by atoms with Gasteiger partial charge >= 0.3 is 6.09 Å². The molecule has 2 unspecified atom stereocenters. The van der Waals surface area contributed by atoms with Gasteiger partial charge in [-0.3, -0.25) is 9.59 Å². The van der Waals surface area contributed by atoms with E-state index >= 15 is 0 Å². The number of hydrogen-bond acceptors (Lipinski definition) is 5. The van der Waals surface area contributed by atoms with E-state index < -0.39 is 17.7 Å². The molecule has 0 aliphatic heterocycles. The largest absolute Gasteiger partial charge is 0.468 e. The standard InChI is InChI=1S/C13H21NO5/c1-13(2,3)19-12(17)14-10-6-9(7-11(10)16)4-5-18-8-15/h8-10H,4-7H2,1-3H3,(H,14,17). The molecule has 6 nitrogen and oxygen atoms in total. The molecule has 0 spiro atoms. The molecule has 1 saturated carbocycles. The highest BCUT2D eigenvalue weighted by Crippen LogP contribution is 2.25. The van der Waals surface area contributed by atoms with E-state index in [1.807, 2.05) is 0 Å². The molecule has 0 radical (unpaired) electrons. The molecular weight excluding hydrogens is 250 g/mol. The first-order chi connectivity index (χ1) is 8.81. The van der Waals surface area contributed by atoms with Crippen molar-refractivity contribution in [1.29, 1.82) is 0 Å². The first-order valence-corrected chi connectivity index (χ1v) is 6.39. The molecule has 0 aromatic rings. The van der Waals surface area contributed by atoms with E-state index in [2.05, 4.69) is 10.1 Å². The highest BCUT2D eigenvalue weighted by Gasteiger charge is 2.34. The molecule has 108 valence electrons. The van der Waals surface area contributed by atoms with Crippen LogP contribution in [0.15, 0.2) is 0 Å². The fraction of sp³-hybridized carbons (Fsp3) is 0.769. The Labute approximate surface area is 112 Å². The van der Waals surface area contributed by atoms with Crippen LogP contribution in [0.3, 0.4) is 0 Å². The lowest BCUT2D eigenvalue weighted by Crippen LogP contribution is -2.41. The average Bonchev–Trinajstić information content (AvgIpc) is 2.57. The number of carbonyl (C=O) groups excluding carboxylic acids is 3. The highest BCUT2D eigenvalue weighted by atomic mass is 16.6. The van der Waals surface area contributed by atoms with Gasteiger partial charge in [0.25, 0.3) is 6.47 Å². The molecular formula is C13H21NO5. The molecule has 0 saturated heterocycles. The molecule has 1 amide bonds. The maximum atomic E-state index is 11.7. The Morgan fingerprint density at radius 1 is 1.47 bits per heavy atom. The molecule has 2 atom stereocenters. The van der Waals surface area contributed by atoms with Gasteiger partial charge < -0.3 is 14.8 Å². The molecule has 1 rings (SSSR count). The van der Waals surface area contributed by atoms with Gasteiger partial charge in [0, 0.05) is 6.42 Å². The Morgan fingerprint density at radius 2 is 2.16 bits per heavy atom. The number of Topliss-reactive ketones (excluding diaryl/α,β-unsaturated/α-hetero) is 1. The zero-order valence-corrected chi connectivity index (χ0v) is 11.6. The van der Waals surface area contributed by atoms with Crippen molar-refractivity contribution < 1.29 is 23.9 Å².